The number of nitrogens with zero attached hydrogens (tertiary/aromatic N) is 4. The summed E-state index contributed by atoms with van der Waals surface area (Å²) in [6.45, 7) is 3.60. The van der Waals surface area contributed by atoms with Crippen LogP contribution in [0.1, 0.15) is 21.1 Å². The molecule has 0 bridgehead atoms. The largest absolute Gasteiger partial charge is 0.296 e. The number of amides is 1. The molecule has 1 aromatic carbocycles. The summed E-state index contributed by atoms with van der Waals surface area (Å²) in [5.74, 6) is -0.717. The SMILES string of the molecule is Cc1cnc(NC(=O)c2c(C)nnn2-c2ccc(F)cc2)s1. The number of halogens is 1. The molecule has 0 unspecified atom stereocenters. The Morgan fingerprint density at radius 3 is 2.64 bits per heavy atom. The zero-order valence-electron chi connectivity index (χ0n) is 11.9. The molecule has 112 valence electrons. The summed E-state index contributed by atoms with van der Waals surface area (Å²) in [4.78, 5) is 17.5. The number of rotatable bonds is 3. The molecule has 22 heavy (non-hydrogen) atoms. The van der Waals surface area contributed by atoms with E-state index in [-0.39, 0.29) is 11.7 Å². The number of thiazole rings is 1. The van der Waals surface area contributed by atoms with Gasteiger partial charge in [0.1, 0.15) is 5.82 Å². The van der Waals surface area contributed by atoms with Gasteiger partial charge in [0.2, 0.25) is 0 Å². The van der Waals surface area contributed by atoms with E-state index in [1.165, 1.54) is 40.3 Å². The molecule has 0 saturated heterocycles. The molecular formula is C14H12FN5OS. The monoisotopic (exact) mass is 317 g/mol. The van der Waals surface area contributed by atoms with Crippen LogP contribution in [0.3, 0.4) is 0 Å². The number of benzene rings is 1. The number of anilines is 1. The van der Waals surface area contributed by atoms with Crippen molar-refractivity contribution in [3.63, 3.8) is 0 Å². The quantitative estimate of drug-likeness (QED) is 0.806. The van der Waals surface area contributed by atoms with E-state index in [2.05, 4.69) is 20.6 Å². The maximum absolute atomic E-state index is 13.0. The second-order valence-corrected chi connectivity index (χ2v) is 5.88. The number of carbonyl (C=O) groups is 1. The Labute approximate surface area is 129 Å². The van der Waals surface area contributed by atoms with Crippen molar-refractivity contribution >= 4 is 22.4 Å². The van der Waals surface area contributed by atoms with Gasteiger partial charge in [-0.25, -0.2) is 14.1 Å². The Morgan fingerprint density at radius 2 is 2.00 bits per heavy atom. The van der Waals surface area contributed by atoms with Gasteiger partial charge in [0.05, 0.1) is 11.4 Å². The Kier molecular flexibility index (Phi) is 3.68. The van der Waals surface area contributed by atoms with Crippen LogP contribution in [-0.2, 0) is 0 Å². The van der Waals surface area contributed by atoms with Gasteiger partial charge in [-0.05, 0) is 38.1 Å². The van der Waals surface area contributed by atoms with E-state index in [1.54, 1.807) is 13.1 Å². The van der Waals surface area contributed by atoms with Crippen molar-refractivity contribution in [3.05, 3.63) is 52.5 Å². The van der Waals surface area contributed by atoms with Crippen LogP contribution < -0.4 is 5.32 Å². The minimum absolute atomic E-state index is 0.291. The number of nitrogens with one attached hydrogen (secondary N) is 1. The molecule has 0 saturated carbocycles. The van der Waals surface area contributed by atoms with E-state index in [4.69, 9.17) is 0 Å². The van der Waals surface area contributed by atoms with Crippen molar-refractivity contribution in [3.8, 4) is 5.69 Å². The highest BCUT2D eigenvalue weighted by molar-refractivity contribution is 7.15. The minimum atomic E-state index is -0.360. The third kappa shape index (κ3) is 2.73. The normalized spacial score (nSPS) is 10.7. The lowest BCUT2D eigenvalue weighted by atomic mass is 10.2. The van der Waals surface area contributed by atoms with E-state index in [0.29, 0.717) is 22.2 Å². The Hall–Kier alpha value is -2.61. The van der Waals surface area contributed by atoms with Gasteiger partial charge in [-0.15, -0.1) is 16.4 Å². The summed E-state index contributed by atoms with van der Waals surface area (Å²) in [6, 6.07) is 5.68. The standard InChI is InChI=1S/C14H12FN5OS/c1-8-7-16-14(22-8)17-13(21)12-9(2)18-19-20(12)11-5-3-10(15)4-6-11/h3-7H,1-2H3,(H,16,17,21). The maximum atomic E-state index is 13.0. The molecule has 2 aromatic heterocycles. The Morgan fingerprint density at radius 1 is 1.27 bits per heavy atom. The first-order valence-electron chi connectivity index (χ1n) is 6.46. The van der Waals surface area contributed by atoms with Gasteiger partial charge in [-0.1, -0.05) is 5.21 Å². The van der Waals surface area contributed by atoms with Crippen LogP contribution in [0.4, 0.5) is 9.52 Å². The second-order valence-electron chi connectivity index (χ2n) is 4.64. The molecule has 3 rings (SSSR count). The highest BCUT2D eigenvalue weighted by Gasteiger charge is 2.20. The molecule has 2 heterocycles. The smallest absolute Gasteiger partial charge is 0.278 e. The van der Waals surface area contributed by atoms with Gasteiger partial charge < -0.3 is 0 Å². The number of aryl methyl sites for hydroxylation is 2. The first-order chi connectivity index (χ1) is 10.5. The highest BCUT2D eigenvalue weighted by atomic mass is 32.1. The van der Waals surface area contributed by atoms with Crippen molar-refractivity contribution < 1.29 is 9.18 Å². The summed E-state index contributed by atoms with van der Waals surface area (Å²) < 4.78 is 14.4. The van der Waals surface area contributed by atoms with Gasteiger partial charge in [0, 0.05) is 11.1 Å². The van der Waals surface area contributed by atoms with E-state index in [1.807, 2.05) is 6.92 Å². The minimum Gasteiger partial charge on any atom is -0.296 e. The lowest BCUT2D eigenvalue weighted by Gasteiger charge is -2.06. The number of hydrogen-bond acceptors (Lipinski definition) is 5. The molecule has 6 nitrogen and oxygen atoms in total. The van der Waals surface area contributed by atoms with Crippen LogP contribution in [0.2, 0.25) is 0 Å². The van der Waals surface area contributed by atoms with Gasteiger partial charge in [-0.3, -0.25) is 10.1 Å². The molecule has 0 fully saturated rings. The zero-order valence-corrected chi connectivity index (χ0v) is 12.7. The summed E-state index contributed by atoms with van der Waals surface area (Å²) >= 11 is 1.38. The summed E-state index contributed by atoms with van der Waals surface area (Å²) in [6.07, 6.45) is 1.68. The first-order valence-corrected chi connectivity index (χ1v) is 7.28. The molecule has 0 aliphatic rings. The molecular weight excluding hydrogens is 305 g/mol. The number of aromatic nitrogens is 4. The molecule has 0 radical (unpaired) electrons. The molecule has 1 N–H and O–H groups in total. The maximum Gasteiger partial charge on any atom is 0.278 e. The predicted octanol–water partition coefficient (Wildman–Crippen LogP) is 2.73. The van der Waals surface area contributed by atoms with Crippen LogP contribution in [-0.4, -0.2) is 25.9 Å². The lowest BCUT2D eigenvalue weighted by molar-refractivity contribution is 0.101. The Balaban J connectivity index is 1.95. The van der Waals surface area contributed by atoms with Crippen LogP contribution in [0.5, 0.6) is 0 Å². The third-order valence-electron chi connectivity index (χ3n) is 2.97. The average Bonchev–Trinajstić information content (AvgIpc) is 3.06. The summed E-state index contributed by atoms with van der Waals surface area (Å²) in [7, 11) is 0. The van der Waals surface area contributed by atoms with Gasteiger partial charge in [0.15, 0.2) is 10.8 Å². The topological polar surface area (TPSA) is 72.7 Å². The van der Waals surface area contributed by atoms with Crippen molar-refractivity contribution in [2.24, 2.45) is 0 Å². The zero-order chi connectivity index (χ0) is 15.7. The van der Waals surface area contributed by atoms with Crippen LogP contribution in [0.25, 0.3) is 5.69 Å². The molecule has 1 amide bonds. The molecule has 0 aliphatic heterocycles. The van der Waals surface area contributed by atoms with E-state index in [9.17, 15) is 9.18 Å². The second kappa shape index (κ2) is 5.64. The molecule has 8 heteroatoms. The summed E-state index contributed by atoms with van der Waals surface area (Å²) in [5, 5.41) is 11.1. The first kappa shape index (κ1) is 14.3. The van der Waals surface area contributed by atoms with Crippen molar-refractivity contribution in [1.29, 1.82) is 0 Å². The molecule has 0 aliphatic carbocycles. The van der Waals surface area contributed by atoms with Gasteiger partial charge in [0.25, 0.3) is 5.91 Å². The van der Waals surface area contributed by atoms with Gasteiger partial charge in [-0.2, -0.15) is 0 Å². The average molecular weight is 317 g/mol. The van der Waals surface area contributed by atoms with E-state index < -0.39 is 0 Å². The van der Waals surface area contributed by atoms with Crippen LogP contribution in [0, 0.1) is 19.7 Å². The van der Waals surface area contributed by atoms with E-state index >= 15 is 0 Å². The highest BCUT2D eigenvalue weighted by Crippen LogP contribution is 2.19. The van der Waals surface area contributed by atoms with Crippen molar-refractivity contribution in [2.75, 3.05) is 5.32 Å². The predicted molar refractivity (Wildman–Crippen MR) is 80.9 cm³/mol. The fourth-order valence-corrected chi connectivity index (χ4v) is 2.61. The van der Waals surface area contributed by atoms with Crippen LogP contribution in [0.15, 0.2) is 30.5 Å². The summed E-state index contributed by atoms with van der Waals surface area (Å²) in [5.41, 5.74) is 1.33. The number of carbonyl (C=O) groups excluding carboxylic acids is 1. The lowest BCUT2D eigenvalue weighted by Crippen LogP contribution is -2.18. The Bertz CT molecular complexity index is 824. The fourth-order valence-electron chi connectivity index (χ4n) is 1.95. The van der Waals surface area contributed by atoms with Crippen molar-refractivity contribution in [2.45, 2.75) is 13.8 Å². The van der Waals surface area contributed by atoms with Crippen molar-refractivity contribution in [1.82, 2.24) is 20.0 Å². The molecule has 0 spiro atoms. The van der Waals surface area contributed by atoms with Crippen LogP contribution >= 0.6 is 11.3 Å². The molecule has 3 aromatic rings. The third-order valence-corrected chi connectivity index (χ3v) is 3.79. The van der Waals surface area contributed by atoms with E-state index in [0.717, 1.165) is 4.88 Å². The fraction of sp³-hybridized carbons (Fsp3) is 0.143. The van der Waals surface area contributed by atoms with Gasteiger partial charge >= 0.3 is 0 Å². The number of hydrogen-bond donors (Lipinski definition) is 1. The molecule has 0 atom stereocenters.